The first-order valence-corrected chi connectivity index (χ1v) is 9.58. The van der Waals surface area contributed by atoms with Crippen LogP contribution >= 0.6 is 0 Å². The number of nitrogens with one attached hydrogen (secondary N) is 2. The van der Waals surface area contributed by atoms with Gasteiger partial charge in [-0.3, -0.25) is 9.59 Å². The van der Waals surface area contributed by atoms with Crippen molar-refractivity contribution < 1.29 is 22.4 Å². The van der Waals surface area contributed by atoms with Crippen LogP contribution in [0.3, 0.4) is 0 Å². The van der Waals surface area contributed by atoms with Gasteiger partial charge in [-0.15, -0.1) is 0 Å². The van der Waals surface area contributed by atoms with Crippen LogP contribution in [-0.2, 0) is 21.1 Å². The molecule has 0 bridgehead atoms. The number of furan rings is 1. The number of aryl methyl sites for hydroxylation is 1. The summed E-state index contributed by atoms with van der Waals surface area (Å²) in [4.78, 5) is 23.8. The molecule has 1 atom stereocenters. The van der Waals surface area contributed by atoms with E-state index in [0.717, 1.165) is 6.42 Å². The van der Waals surface area contributed by atoms with E-state index >= 15 is 0 Å². The fraction of sp³-hybridized carbons (Fsp3) is 0.600. The Morgan fingerprint density at radius 1 is 1.39 bits per heavy atom. The van der Waals surface area contributed by atoms with Crippen molar-refractivity contribution in [1.82, 2.24) is 10.6 Å². The van der Waals surface area contributed by atoms with Gasteiger partial charge in [0.2, 0.25) is 5.91 Å². The zero-order valence-electron chi connectivity index (χ0n) is 13.1. The van der Waals surface area contributed by atoms with E-state index < -0.39 is 9.84 Å². The fourth-order valence-electron chi connectivity index (χ4n) is 2.56. The second-order valence-corrected chi connectivity index (χ2v) is 7.91. The molecule has 2 N–H and O–H groups in total. The number of hydrogen-bond donors (Lipinski definition) is 2. The number of amides is 2. The van der Waals surface area contributed by atoms with E-state index in [9.17, 15) is 18.0 Å². The van der Waals surface area contributed by atoms with Crippen molar-refractivity contribution in [3.05, 3.63) is 23.7 Å². The Bertz CT molecular complexity index is 665. The van der Waals surface area contributed by atoms with E-state index in [1.165, 1.54) is 6.26 Å². The number of carbonyl (C=O) groups is 2. The summed E-state index contributed by atoms with van der Waals surface area (Å²) in [5, 5.41) is 5.36. The smallest absolute Gasteiger partial charge is 0.254 e. The van der Waals surface area contributed by atoms with E-state index in [2.05, 4.69) is 10.6 Å². The molecule has 0 aliphatic carbocycles. The van der Waals surface area contributed by atoms with E-state index in [-0.39, 0.29) is 42.3 Å². The van der Waals surface area contributed by atoms with Crippen LogP contribution in [0.4, 0.5) is 0 Å². The molecule has 1 aromatic heterocycles. The van der Waals surface area contributed by atoms with E-state index in [1.54, 1.807) is 6.07 Å². The summed E-state index contributed by atoms with van der Waals surface area (Å²) < 4.78 is 27.9. The fourth-order valence-corrected chi connectivity index (χ4v) is 4.23. The minimum absolute atomic E-state index is 0.000492. The maximum Gasteiger partial charge on any atom is 0.254 e. The van der Waals surface area contributed by atoms with Gasteiger partial charge in [-0.1, -0.05) is 6.92 Å². The van der Waals surface area contributed by atoms with Gasteiger partial charge < -0.3 is 15.1 Å². The van der Waals surface area contributed by atoms with Gasteiger partial charge in [0.15, 0.2) is 9.84 Å². The van der Waals surface area contributed by atoms with Crippen molar-refractivity contribution in [3.8, 4) is 0 Å². The molecule has 1 saturated heterocycles. The van der Waals surface area contributed by atoms with Crippen LogP contribution in [0, 0.1) is 0 Å². The maximum absolute atomic E-state index is 12.0. The highest BCUT2D eigenvalue weighted by molar-refractivity contribution is 7.91. The lowest BCUT2D eigenvalue weighted by molar-refractivity contribution is -0.121. The molecule has 8 heteroatoms. The second kappa shape index (κ2) is 7.63. The molecule has 1 aliphatic heterocycles. The summed E-state index contributed by atoms with van der Waals surface area (Å²) in [5.41, 5.74) is 0.495. The van der Waals surface area contributed by atoms with E-state index in [0.29, 0.717) is 24.2 Å². The molecule has 0 saturated carbocycles. The van der Waals surface area contributed by atoms with E-state index in [1.807, 2.05) is 6.92 Å². The summed E-state index contributed by atoms with van der Waals surface area (Å²) in [5.74, 6) is 0.244. The SMILES string of the molecule is CCCc1occc1C(=O)NCCC(=O)NC1CCS(=O)(=O)C1. The highest BCUT2D eigenvalue weighted by Gasteiger charge is 2.28. The highest BCUT2D eigenvalue weighted by atomic mass is 32.2. The van der Waals surface area contributed by atoms with Crippen LogP contribution in [0.25, 0.3) is 0 Å². The molecule has 1 unspecified atom stereocenters. The molecular formula is C15H22N2O5S. The van der Waals surface area contributed by atoms with Crippen molar-refractivity contribution in [2.75, 3.05) is 18.1 Å². The Labute approximate surface area is 135 Å². The molecule has 2 rings (SSSR count). The van der Waals surface area contributed by atoms with Crippen molar-refractivity contribution >= 4 is 21.7 Å². The van der Waals surface area contributed by atoms with Crippen molar-refractivity contribution in [2.45, 2.75) is 38.6 Å². The normalized spacial score (nSPS) is 19.4. The van der Waals surface area contributed by atoms with Crippen LogP contribution in [-0.4, -0.2) is 44.3 Å². The van der Waals surface area contributed by atoms with Crippen LogP contribution in [0.15, 0.2) is 16.7 Å². The van der Waals surface area contributed by atoms with Crippen LogP contribution in [0.5, 0.6) is 0 Å². The van der Waals surface area contributed by atoms with Gasteiger partial charge in [0, 0.05) is 25.4 Å². The predicted molar refractivity (Wildman–Crippen MR) is 84.9 cm³/mol. The Morgan fingerprint density at radius 2 is 2.17 bits per heavy atom. The van der Waals surface area contributed by atoms with Gasteiger partial charge in [0.25, 0.3) is 5.91 Å². The van der Waals surface area contributed by atoms with Crippen molar-refractivity contribution in [3.63, 3.8) is 0 Å². The lowest BCUT2D eigenvalue weighted by Gasteiger charge is -2.11. The van der Waals surface area contributed by atoms with Gasteiger partial charge >= 0.3 is 0 Å². The Kier molecular flexibility index (Phi) is 5.81. The highest BCUT2D eigenvalue weighted by Crippen LogP contribution is 2.13. The zero-order chi connectivity index (χ0) is 16.9. The lowest BCUT2D eigenvalue weighted by Crippen LogP contribution is -2.37. The quantitative estimate of drug-likeness (QED) is 0.757. The molecule has 23 heavy (non-hydrogen) atoms. The summed E-state index contributed by atoms with van der Waals surface area (Å²) >= 11 is 0. The average molecular weight is 342 g/mol. The second-order valence-electron chi connectivity index (χ2n) is 5.68. The van der Waals surface area contributed by atoms with Crippen LogP contribution in [0.1, 0.15) is 42.3 Å². The average Bonchev–Trinajstić information content (AvgIpc) is 3.05. The zero-order valence-corrected chi connectivity index (χ0v) is 13.9. The van der Waals surface area contributed by atoms with Gasteiger partial charge in [0.1, 0.15) is 5.76 Å². The Balaban J connectivity index is 1.73. The minimum Gasteiger partial charge on any atom is -0.469 e. The molecule has 0 radical (unpaired) electrons. The molecule has 0 spiro atoms. The van der Waals surface area contributed by atoms with Crippen molar-refractivity contribution in [2.24, 2.45) is 0 Å². The first-order chi connectivity index (χ1) is 10.9. The number of sulfone groups is 1. The van der Waals surface area contributed by atoms with Gasteiger partial charge in [-0.05, 0) is 18.9 Å². The standard InChI is InChI=1S/C15H22N2O5S/c1-2-3-13-12(5-8-22-13)15(19)16-7-4-14(18)17-11-6-9-23(20,21)10-11/h5,8,11H,2-4,6-7,9-10H2,1H3,(H,16,19)(H,17,18). The third kappa shape index (κ3) is 5.09. The monoisotopic (exact) mass is 342 g/mol. The molecule has 1 aromatic rings. The summed E-state index contributed by atoms with van der Waals surface area (Å²) in [6.45, 7) is 2.19. The molecule has 128 valence electrons. The number of hydrogen-bond acceptors (Lipinski definition) is 5. The third-order valence-corrected chi connectivity index (χ3v) is 5.47. The molecule has 7 nitrogen and oxygen atoms in total. The molecule has 0 aromatic carbocycles. The molecule has 1 aliphatic rings. The van der Waals surface area contributed by atoms with Crippen LogP contribution < -0.4 is 10.6 Å². The molecular weight excluding hydrogens is 320 g/mol. The van der Waals surface area contributed by atoms with Gasteiger partial charge in [-0.25, -0.2) is 8.42 Å². The predicted octanol–water partition coefficient (Wildman–Crippen LogP) is 0.655. The summed E-state index contributed by atoms with van der Waals surface area (Å²) in [6, 6.07) is 1.30. The first kappa shape index (κ1) is 17.5. The van der Waals surface area contributed by atoms with E-state index in [4.69, 9.17) is 4.42 Å². The van der Waals surface area contributed by atoms with Crippen LogP contribution in [0.2, 0.25) is 0 Å². The first-order valence-electron chi connectivity index (χ1n) is 7.75. The Morgan fingerprint density at radius 3 is 2.83 bits per heavy atom. The van der Waals surface area contributed by atoms with Gasteiger partial charge in [0.05, 0.1) is 23.3 Å². The summed E-state index contributed by atoms with van der Waals surface area (Å²) in [6.07, 6.45) is 3.61. The minimum atomic E-state index is -3.01. The number of rotatable bonds is 7. The number of carbonyl (C=O) groups excluding carboxylic acids is 2. The maximum atomic E-state index is 12.0. The third-order valence-electron chi connectivity index (χ3n) is 3.70. The van der Waals surface area contributed by atoms with Gasteiger partial charge in [-0.2, -0.15) is 0 Å². The van der Waals surface area contributed by atoms with Crippen molar-refractivity contribution in [1.29, 1.82) is 0 Å². The summed E-state index contributed by atoms with van der Waals surface area (Å²) in [7, 11) is -3.01. The molecule has 2 heterocycles. The molecule has 2 amide bonds. The topological polar surface area (TPSA) is 105 Å². The Hall–Kier alpha value is -1.83. The lowest BCUT2D eigenvalue weighted by atomic mass is 10.1. The molecule has 1 fully saturated rings. The largest absolute Gasteiger partial charge is 0.469 e.